The van der Waals surface area contributed by atoms with E-state index in [-0.39, 0.29) is 23.5 Å². The van der Waals surface area contributed by atoms with Gasteiger partial charge in [0.2, 0.25) is 5.91 Å². The molecule has 1 atom stereocenters. The van der Waals surface area contributed by atoms with Crippen LogP contribution in [0.25, 0.3) is 11.1 Å². The molecule has 0 aliphatic carbocycles. The van der Waals surface area contributed by atoms with Crippen LogP contribution in [0.2, 0.25) is 0 Å². The molecule has 1 amide bonds. The summed E-state index contributed by atoms with van der Waals surface area (Å²) in [5.41, 5.74) is 2.84. The Kier molecular flexibility index (Phi) is 6.09. The molecule has 3 heterocycles. The summed E-state index contributed by atoms with van der Waals surface area (Å²) in [7, 11) is 0. The lowest BCUT2D eigenvalue weighted by molar-refractivity contribution is -0.117. The van der Waals surface area contributed by atoms with Crippen LogP contribution in [0.4, 0.5) is 10.1 Å². The Hall–Kier alpha value is -3.25. The van der Waals surface area contributed by atoms with Gasteiger partial charge in [-0.2, -0.15) is 0 Å². The maximum Gasteiger partial charge on any atom is 0.228 e. The van der Waals surface area contributed by atoms with Gasteiger partial charge >= 0.3 is 0 Å². The summed E-state index contributed by atoms with van der Waals surface area (Å²) in [6.45, 7) is 2.50. The summed E-state index contributed by atoms with van der Waals surface area (Å²) >= 11 is 0. The molecular weight excluding hydrogens is 419 g/mol. The van der Waals surface area contributed by atoms with Gasteiger partial charge in [-0.1, -0.05) is 24.3 Å². The van der Waals surface area contributed by atoms with E-state index >= 15 is 0 Å². The highest BCUT2D eigenvalue weighted by Crippen LogP contribution is 2.30. The number of anilines is 1. The van der Waals surface area contributed by atoms with Crippen LogP contribution >= 0.6 is 0 Å². The molecule has 2 aliphatic rings. The molecule has 3 aromatic rings. The second-order valence-corrected chi connectivity index (χ2v) is 9.00. The number of Topliss-reactive ketones (excluding diaryl/α,β-unsaturated/α-hetero) is 1. The number of carbonyl (C=O) groups is 2. The molecule has 0 bridgehead atoms. The van der Waals surface area contributed by atoms with Gasteiger partial charge in [0.05, 0.1) is 6.26 Å². The summed E-state index contributed by atoms with van der Waals surface area (Å²) in [5, 5.41) is 0. The Morgan fingerprint density at radius 3 is 2.27 bits per heavy atom. The van der Waals surface area contributed by atoms with Crippen molar-refractivity contribution in [2.24, 2.45) is 5.92 Å². The molecule has 5 rings (SSSR count). The van der Waals surface area contributed by atoms with Gasteiger partial charge in [0.1, 0.15) is 5.82 Å². The molecule has 6 heteroatoms. The first kappa shape index (κ1) is 21.6. The number of ketones is 1. The molecule has 0 N–H and O–H groups in total. The van der Waals surface area contributed by atoms with Crippen LogP contribution < -0.4 is 4.90 Å². The number of hydrogen-bond donors (Lipinski definition) is 0. The summed E-state index contributed by atoms with van der Waals surface area (Å²) in [4.78, 5) is 29.3. The van der Waals surface area contributed by atoms with Gasteiger partial charge in [0.25, 0.3) is 0 Å². The number of halogens is 1. The number of hydrogen-bond acceptors (Lipinski definition) is 4. The lowest BCUT2D eigenvalue weighted by atomic mass is 9.90. The number of piperidine rings is 1. The zero-order chi connectivity index (χ0) is 22.8. The Morgan fingerprint density at radius 2 is 1.64 bits per heavy atom. The molecule has 33 heavy (non-hydrogen) atoms. The van der Waals surface area contributed by atoms with Crippen molar-refractivity contribution >= 4 is 17.4 Å². The van der Waals surface area contributed by atoms with Crippen molar-refractivity contribution < 1.29 is 18.4 Å². The highest BCUT2D eigenvalue weighted by Gasteiger charge is 2.36. The van der Waals surface area contributed by atoms with Gasteiger partial charge in [-0.3, -0.25) is 14.5 Å². The van der Waals surface area contributed by atoms with Crippen LogP contribution in [-0.2, 0) is 4.79 Å². The number of rotatable bonds is 6. The Balaban J connectivity index is 1.16. The Morgan fingerprint density at radius 1 is 0.970 bits per heavy atom. The van der Waals surface area contributed by atoms with Gasteiger partial charge in [-0.25, -0.2) is 4.39 Å². The minimum atomic E-state index is -0.253. The Bertz CT molecular complexity index is 1100. The van der Waals surface area contributed by atoms with E-state index in [0.717, 1.165) is 42.7 Å². The van der Waals surface area contributed by atoms with Crippen molar-refractivity contribution in [3.8, 4) is 11.1 Å². The summed E-state index contributed by atoms with van der Waals surface area (Å²) in [6, 6.07) is 18.0. The van der Waals surface area contributed by atoms with Gasteiger partial charge in [-0.15, -0.1) is 0 Å². The maximum atomic E-state index is 13.2. The van der Waals surface area contributed by atoms with Crippen molar-refractivity contribution in [1.82, 2.24) is 4.90 Å². The normalized spacial score (nSPS) is 19.8. The van der Waals surface area contributed by atoms with Gasteiger partial charge < -0.3 is 9.32 Å². The van der Waals surface area contributed by atoms with Crippen LogP contribution in [0.3, 0.4) is 0 Å². The summed E-state index contributed by atoms with van der Waals surface area (Å²) in [6.07, 6.45) is 4.51. The number of likely N-dealkylation sites (tertiary alicyclic amines) is 1. The molecule has 170 valence electrons. The molecular formula is C27H27FN2O3. The van der Waals surface area contributed by atoms with Gasteiger partial charge in [0.15, 0.2) is 11.5 Å². The molecule has 1 aromatic heterocycles. The highest BCUT2D eigenvalue weighted by atomic mass is 19.1. The van der Waals surface area contributed by atoms with E-state index in [4.69, 9.17) is 4.42 Å². The van der Waals surface area contributed by atoms with Crippen LogP contribution in [-0.4, -0.2) is 42.3 Å². The number of amides is 1. The third kappa shape index (κ3) is 4.76. The first-order valence-corrected chi connectivity index (χ1v) is 11.5. The van der Waals surface area contributed by atoms with E-state index in [2.05, 4.69) is 4.90 Å². The number of furan rings is 1. The van der Waals surface area contributed by atoms with E-state index in [1.54, 1.807) is 24.3 Å². The van der Waals surface area contributed by atoms with Gasteiger partial charge in [0, 0.05) is 31.1 Å². The molecule has 0 saturated carbocycles. The fourth-order valence-corrected chi connectivity index (χ4v) is 4.98. The summed E-state index contributed by atoms with van der Waals surface area (Å²) < 4.78 is 18.4. The second-order valence-electron chi connectivity index (χ2n) is 9.00. The zero-order valence-electron chi connectivity index (χ0n) is 18.5. The third-order valence-electron chi connectivity index (χ3n) is 6.90. The fourth-order valence-electron chi connectivity index (χ4n) is 4.98. The van der Waals surface area contributed by atoms with Crippen LogP contribution in [0.1, 0.15) is 36.2 Å². The molecule has 5 nitrogen and oxygen atoms in total. The minimum absolute atomic E-state index is 0.0738. The quantitative estimate of drug-likeness (QED) is 0.490. The van der Waals surface area contributed by atoms with E-state index in [0.29, 0.717) is 31.1 Å². The van der Waals surface area contributed by atoms with Crippen molar-refractivity contribution in [2.45, 2.75) is 31.7 Å². The molecule has 2 fully saturated rings. The van der Waals surface area contributed by atoms with E-state index in [1.165, 1.54) is 18.4 Å². The topological polar surface area (TPSA) is 53.8 Å². The molecule has 2 saturated heterocycles. The first-order chi connectivity index (χ1) is 16.1. The molecule has 0 spiro atoms. The monoisotopic (exact) mass is 446 g/mol. The van der Waals surface area contributed by atoms with Crippen molar-refractivity contribution in [1.29, 1.82) is 0 Å². The first-order valence-electron chi connectivity index (χ1n) is 11.5. The van der Waals surface area contributed by atoms with Crippen LogP contribution in [0, 0.1) is 11.7 Å². The van der Waals surface area contributed by atoms with E-state index in [1.807, 2.05) is 29.2 Å². The SMILES string of the molecule is O=C(CC1CCN([C@@H]2CC(=O)N(c3ccc(-c4ccc(F)cc4)cc3)C2)CC1)c1ccco1. The number of carbonyl (C=O) groups excluding carboxylic acids is 2. The van der Waals surface area contributed by atoms with E-state index in [9.17, 15) is 14.0 Å². The van der Waals surface area contributed by atoms with Gasteiger partial charge in [-0.05, 0) is 79.4 Å². The fraction of sp³-hybridized carbons (Fsp3) is 0.333. The number of benzene rings is 2. The van der Waals surface area contributed by atoms with Crippen molar-refractivity contribution in [2.75, 3.05) is 24.5 Å². The molecule has 2 aromatic carbocycles. The largest absolute Gasteiger partial charge is 0.461 e. The number of nitrogens with zero attached hydrogens (tertiary/aromatic N) is 2. The smallest absolute Gasteiger partial charge is 0.228 e. The zero-order valence-corrected chi connectivity index (χ0v) is 18.5. The summed E-state index contributed by atoms with van der Waals surface area (Å²) in [5.74, 6) is 0.776. The minimum Gasteiger partial charge on any atom is -0.461 e. The van der Waals surface area contributed by atoms with E-state index < -0.39 is 0 Å². The molecule has 2 aliphatic heterocycles. The predicted octanol–water partition coefficient (Wildman–Crippen LogP) is 5.18. The van der Waals surface area contributed by atoms with Crippen LogP contribution in [0.5, 0.6) is 0 Å². The standard InChI is InChI=1S/C27H27FN2O3/c28-22-7-3-20(4-8-22)21-5-9-23(10-6-21)30-18-24(17-27(30)32)29-13-11-19(12-14-29)16-25(31)26-2-1-15-33-26/h1-10,15,19,24H,11-14,16-18H2/t24-/m1/s1. The molecule has 0 radical (unpaired) electrons. The highest BCUT2D eigenvalue weighted by molar-refractivity contribution is 5.96. The maximum absolute atomic E-state index is 13.2. The lowest BCUT2D eigenvalue weighted by Gasteiger charge is -2.35. The third-order valence-corrected chi connectivity index (χ3v) is 6.90. The van der Waals surface area contributed by atoms with Crippen molar-refractivity contribution in [3.63, 3.8) is 0 Å². The second kappa shape index (κ2) is 9.32. The average Bonchev–Trinajstić information content (AvgIpc) is 3.51. The van der Waals surface area contributed by atoms with Crippen molar-refractivity contribution in [3.05, 3.63) is 78.5 Å². The lowest BCUT2D eigenvalue weighted by Crippen LogP contribution is -2.43. The Labute approximate surface area is 192 Å². The predicted molar refractivity (Wildman–Crippen MR) is 125 cm³/mol. The average molecular weight is 447 g/mol. The molecule has 0 unspecified atom stereocenters. The van der Waals surface area contributed by atoms with Crippen LogP contribution in [0.15, 0.2) is 71.3 Å².